The normalized spacial score (nSPS) is 10.2. The lowest BCUT2D eigenvalue weighted by Crippen LogP contribution is -2.03. The average Bonchev–Trinajstić information content (AvgIpc) is 2.48. The Morgan fingerprint density at radius 2 is 1.68 bits per heavy atom. The lowest BCUT2D eigenvalue weighted by molar-refractivity contribution is 0.319. The van der Waals surface area contributed by atoms with Gasteiger partial charge in [-0.2, -0.15) is 0 Å². The maximum absolute atomic E-state index is 5.86. The van der Waals surface area contributed by atoms with E-state index >= 15 is 0 Å². The zero-order chi connectivity index (χ0) is 13.5. The molecule has 0 aliphatic heterocycles. The first-order valence-electron chi connectivity index (χ1n) is 6.67. The number of methoxy groups -OCH3 is 1. The van der Waals surface area contributed by atoms with Crippen molar-refractivity contribution >= 4 is 0 Å². The smallest absolute Gasteiger partial charge is 0.122 e. The number of para-hydroxylation sites is 1. The monoisotopic (exact) mass is 256 g/mol. The Labute approximate surface area is 115 Å². The lowest BCUT2D eigenvalue weighted by atomic mass is 10.1. The van der Waals surface area contributed by atoms with Crippen molar-refractivity contribution in [1.82, 2.24) is 0 Å². The van der Waals surface area contributed by atoms with Crippen LogP contribution >= 0.6 is 0 Å². The molecule has 2 heteroatoms. The van der Waals surface area contributed by atoms with Crippen LogP contribution in [0.25, 0.3) is 0 Å². The largest absolute Gasteiger partial charge is 0.497 e. The molecule has 0 saturated carbocycles. The molecule has 0 aliphatic rings. The second-order valence-corrected chi connectivity index (χ2v) is 4.41. The summed E-state index contributed by atoms with van der Waals surface area (Å²) in [6.45, 7) is 2.84. The number of hydrogen-bond acceptors (Lipinski definition) is 2. The molecule has 0 radical (unpaired) electrons. The van der Waals surface area contributed by atoms with Crippen LogP contribution in [-0.4, -0.2) is 13.7 Å². The zero-order valence-electron chi connectivity index (χ0n) is 11.6. The van der Waals surface area contributed by atoms with Gasteiger partial charge in [0.2, 0.25) is 0 Å². The quantitative estimate of drug-likeness (QED) is 0.781. The standard InChI is InChI=1S/C17H20O2/c1-3-15-6-4-5-7-17(15)19-13-12-14-8-10-16(18-2)11-9-14/h4-11H,3,12-13H2,1-2H3. The fourth-order valence-electron chi connectivity index (χ4n) is 2.01. The van der Waals surface area contributed by atoms with Gasteiger partial charge >= 0.3 is 0 Å². The van der Waals surface area contributed by atoms with Crippen LogP contribution in [0.2, 0.25) is 0 Å². The topological polar surface area (TPSA) is 18.5 Å². The minimum atomic E-state index is 0.698. The predicted octanol–water partition coefficient (Wildman–Crippen LogP) is 3.88. The molecule has 0 unspecified atom stereocenters. The Balaban J connectivity index is 1.88. The first-order valence-corrected chi connectivity index (χ1v) is 6.67. The van der Waals surface area contributed by atoms with Gasteiger partial charge in [0.25, 0.3) is 0 Å². The summed E-state index contributed by atoms with van der Waals surface area (Å²) in [6.07, 6.45) is 1.90. The molecule has 2 aromatic rings. The minimum absolute atomic E-state index is 0.698. The summed E-state index contributed by atoms with van der Waals surface area (Å²) in [5.74, 6) is 1.89. The number of hydrogen-bond donors (Lipinski definition) is 0. The molecule has 0 spiro atoms. The summed E-state index contributed by atoms with van der Waals surface area (Å²) in [5, 5.41) is 0. The molecule has 0 saturated heterocycles. The summed E-state index contributed by atoms with van der Waals surface area (Å²) in [5.41, 5.74) is 2.52. The Kier molecular flexibility index (Phi) is 4.85. The van der Waals surface area contributed by atoms with E-state index in [4.69, 9.17) is 9.47 Å². The van der Waals surface area contributed by atoms with E-state index in [1.807, 2.05) is 24.3 Å². The third-order valence-electron chi connectivity index (χ3n) is 3.16. The van der Waals surface area contributed by atoms with Gasteiger partial charge in [-0.05, 0) is 35.7 Å². The zero-order valence-corrected chi connectivity index (χ0v) is 11.6. The van der Waals surface area contributed by atoms with Gasteiger partial charge in [0.15, 0.2) is 0 Å². The van der Waals surface area contributed by atoms with Crippen LogP contribution in [0.5, 0.6) is 11.5 Å². The SMILES string of the molecule is CCc1ccccc1OCCc1ccc(OC)cc1. The van der Waals surface area contributed by atoms with Gasteiger partial charge in [0.05, 0.1) is 13.7 Å². The summed E-state index contributed by atoms with van der Waals surface area (Å²) in [4.78, 5) is 0. The van der Waals surface area contributed by atoms with Crippen LogP contribution in [-0.2, 0) is 12.8 Å². The fraction of sp³-hybridized carbons (Fsp3) is 0.294. The third kappa shape index (κ3) is 3.75. The number of rotatable bonds is 6. The maximum Gasteiger partial charge on any atom is 0.122 e. The molecule has 2 nitrogen and oxygen atoms in total. The summed E-state index contributed by atoms with van der Waals surface area (Å²) >= 11 is 0. The van der Waals surface area contributed by atoms with E-state index in [0.717, 1.165) is 24.3 Å². The van der Waals surface area contributed by atoms with Gasteiger partial charge in [-0.25, -0.2) is 0 Å². The number of benzene rings is 2. The van der Waals surface area contributed by atoms with Gasteiger partial charge in [-0.3, -0.25) is 0 Å². The second-order valence-electron chi connectivity index (χ2n) is 4.41. The highest BCUT2D eigenvalue weighted by Gasteiger charge is 2.01. The number of ether oxygens (including phenoxy) is 2. The van der Waals surface area contributed by atoms with Gasteiger partial charge in [0, 0.05) is 6.42 Å². The van der Waals surface area contributed by atoms with Crippen molar-refractivity contribution in [3.63, 3.8) is 0 Å². The highest BCUT2D eigenvalue weighted by molar-refractivity contribution is 5.33. The predicted molar refractivity (Wildman–Crippen MR) is 78.0 cm³/mol. The van der Waals surface area contributed by atoms with E-state index in [0.29, 0.717) is 6.61 Å². The molecule has 0 N–H and O–H groups in total. The molecule has 19 heavy (non-hydrogen) atoms. The molecule has 0 fully saturated rings. The summed E-state index contributed by atoms with van der Waals surface area (Å²) < 4.78 is 11.0. The van der Waals surface area contributed by atoms with Gasteiger partial charge in [-0.1, -0.05) is 37.3 Å². The van der Waals surface area contributed by atoms with Gasteiger partial charge in [-0.15, -0.1) is 0 Å². The molecular formula is C17H20O2. The van der Waals surface area contributed by atoms with Crippen molar-refractivity contribution < 1.29 is 9.47 Å². The van der Waals surface area contributed by atoms with Crippen molar-refractivity contribution in [1.29, 1.82) is 0 Å². The first kappa shape index (κ1) is 13.5. The van der Waals surface area contributed by atoms with E-state index in [1.54, 1.807) is 7.11 Å². The molecule has 100 valence electrons. The third-order valence-corrected chi connectivity index (χ3v) is 3.16. The second kappa shape index (κ2) is 6.83. The molecule has 0 aliphatic carbocycles. The van der Waals surface area contributed by atoms with Crippen LogP contribution in [0.15, 0.2) is 48.5 Å². The van der Waals surface area contributed by atoms with Crippen molar-refractivity contribution in [2.45, 2.75) is 19.8 Å². The van der Waals surface area contributed by atoms with Crippen molar-refractivity contribution in [3.8, 4) is 11.5 Å². The van der Waals surface area contributed by atoms with Crippen LogP contribution < -0.4 is 9.47 Å². The molecule has 2 aromatic carbocycles. The minimum Gasteiger partial charge on any atom is -0.497 e. The van der Waals surface area contributed by atoms with Crippen molar-refractivity contribution in [3.05, 3.63) is 59.7 Å². The Hall–Kier alpha value is -1.96. The molecule has 0 amide bonds. The summed E-state index contributed by atoms with van der Waals surface area (Å²) in [6, 6.07) is 16.3. The van der Waals surface area contributed by atoms with Crippen LogP contribution in [0.1, 0.15) is 18.1 Å². The average molecular weight is 256 g/mol. The maximum atomic E-state index is 5.86. The van der Waals surface area contributed by atoms with E-state index in [9.17, 15) is 0 Å². The summed E-state index contributed by atoms with van der Waals surface area (Å²) in [7, 11) is 1.68. The Bertz CT molecular complexity index is 503. The Morgan fingerprint density at radius 1 is 0.947 bits per heavy atom. The number of aryl methyl sites for hydroxylation is 1. The van der Waals surface area contributed by atoms with Crippen molar-refractivity contribution in [2.75, 3.05) is 13.7 Å². The molecule has 0 bridgehead atoms. The van der Waals surface area contributed by atoms with E-state index in [-0.39, 0.29) is 0 Å². The van der Waals surface area contributed by atoms with E-state index < -0.39 is 0 Å². The highest BCUT2D eigenvalue weighted by atomic mass is 16.5. The lowest BCUT2D eigenvalue weighted by Gasteiger charge is -2.10. The van der Waals surface area contributed by atoms with Crippen LogP contribution in [0.3, 0.4) is 0 Å². The first-order chi connectivity index (χ1) is 9.33. The molecule has 0 atom stereocenters. The van der Waals surface area contributed by atoms with Crippen molar-refractivity contribution in [2.24, 2.45) is 0 Å². The highest BCUT2D eigenvalue weighted by Crippen LogP contribution is 2.19. The molecule has 0 heterocycles. The van der Waals surface area contributed by atoms with Gasteiger partial charge in [0.1, 0.15) is 11.5 Å². The van der Waals surface area contributed by atoms with Crippen LogP contribution in [0, 0.1) is 0 Å². The Morgan fingerprint density at radius 3 is 2.37 bits per heavy atom. The fourth-order valence-corrected chi connectivity index (χ4v) is 2.01. The molecule has 2 rings (SSSR count). The van der Waals surface area contributed by atoms with Crippen LogP contribution in [0.4, 0.5) is 0 Å². The van der Waals surface area contributed by atoms with Gasteiger partial charge < -0.3 is 9.47 Å². The molecular weight excluding hydrogens is 236 g/mol. The van der Waals surface area contributed by atoms with E-state index in [2.05, 4.69) is 31.2 Å². The molecule has 0 aromatic heterocycles. The van der Waals surface area contributed by atoms with E-state index in [1.165, 1.54) is 11.1 Å².